The zero-order chi connectivity index (χ0) is 10.9. The van der Waals surface area contributed by atoms with Crippen LogP contribution in [-0.4, -0.2) is 26.8 Å². The van der Waals surface area contributed by atoms with Gasteiger partial charge in [0, 0.05) is 6.54 Å². The first-order valence-electron chi connectivity index (χ1n) is 4.71. The highest BCUT2D eigenvalue weighted by Crippen LogP contribution is 2.16. The van der Waals surface area contributed by atoms with Gasteiger partial charge in [-0.2, -0.15) is 5.26 Å². The highest BCUT2D eigenvalue weighted by molar-refractivity contribution is 5.31. The van der Waals surface area contributed by atoms with Crippen molar-refractivity contribution in [3.8, 4) is 17.6 Å². The minimum Gasteiger partial charge on any atom is -0.497 e. The zero-order valence-electron chi connectivity index (χ0n) is 8.69. The Labute approximate surface area is 89.4 Å². The Balaban J connectivity index is 2.23. The van der Waals surface area contributed by atoms with Gasteiger partial charge in [0.2, 0.25) is 0 Å². The van der Waals surface area contributed by atoms with Crippen LogP contribution in [0.25, 0.3) is 0 Å². The van der Waals surface area contributed by atoms with Crippen molar-refractivity contribution >= 4 is 0 Å². The number of methoxy groups -OCH3 is 1. The highest BCUT2D eigenvalue weighted by Gasteiger charge is 1.94. The molecule has 1 aromatic carbocycles. The maximum absolute atomic E-state index is 8.27. The number of benzene rings is 1. The fourth-order valence-electron chi connectivity index (χ4n) is 1.06. The molecular formula is C11H14N2O2. The van der Waals surface area contributed by atoms with Crippen LogP contribution in [-0.2, 0) is 0 Å². The van der Waals surface area contributed by atoms with E-state index < -0.39 is 0 Å². The zero-order valence-corrected chi connectivity index (χ0v) is 8.69. The summed E-state index contributed by atoms with van der Waals surface area (Å²) in [5.74, 6) is 1.61. The molecule has 1 N–H and O–H groups in total. The number of nitrogens with zero attached hydrogens (tertiary/aromatic N) is 1. The largest absolute Gasteiger partial charge is 0.497 e. The van der Waals surface area contributed by atoms with Crippen LogP contribution in [0.15, 0.2) is 24.3 Å². The molecule has 0 amide bonds. The van der Waals surface area contributed by atoms with Crippen LogP contribution in [0.4, 0.5) is 0 Å². The van der Waals surface area contributed by atoms with Gasteiger partial charge in [-0.15, -0.1) is 0 Å². The average Bonchev–Trinajstić information content (AvgIpc) is 2.30. The van der Waals surface area contributed by atoms with Gasteiger partial charge in [0.1, 0.15) is 18.1 Å². The predicted octanol–water partition coefficient (Wildman–Crippen LogP) is 1.19. The molecule has 0 atom stereocenters. The molecule has 1 aromatic rings. The van der Waals surface area contributed by atoms with E-state index in [1.54, 1.807) is 7.11 Å². The van der Waals surface area contributed by atoms with Crippen LogP contribution in [0, 0.1) is 11.3 Å². The van der Waals surface area contributed by atoms with Gasteiger partial charge in [0.05, 0.1) is 19.7 Å². The molecule has 0 aromatic heterocycles. The molecule has 80 valence electrons. The maximum atomic E-state index is 8.27. The van der Waals surface area contributed by atoms with Gasteiger partial charge in [-0.1, -0.05) is 0 Å². The standard InChI is InChI=1S/C11H14N2O2/c1-14-10-2-4-11(5-3-10)15-9-8-13-7-6-12/h2-5,13H,7-9H2,1H3. The third kappa shape index (κ3) is 4.34. The number of hydrogen-bond acceptors (Lipinski definition) is 4. The topological polar surface area (TPSA) is 54.3 Å². The quantitative estimate of drug-likeness (QED) is 0.561. The highest BCUT2D eigenvalue weighted by atomic mass is 16.5. The first-order valence-corrected chi connectivity index (χ1v) is 4.71. The summed E-state index contributed by atoms with van der Waals surface area (Å²) in [6, 6.07) is 9.39. The van der Waals surface area contributed by atoms with Crippen LogP contribution in [0.5, 0.6) is 11.5 Å². The van der Waals surface area contributed by atoms with Crippen molar-refractivity contribution in [1.82, 2.24) is 5.32 Å². The number of ether oxygens (including phenoxy) is 2. The fraction of sp³-hybridized carbons (Fsp3) is 0.364. The van der Waals surface area contributed by atoms with E-state index in [4.69, 9.17) is 14.7 Å². The Morgan fingerprint density at radius 2 is 1.93 bits per heavy atom. The third-order valence-corrected chi connectivity index (χ3v) is 1.81. The van der Waals surface area contributed by atoms with Crippen LogP contribution < -0.4 is 14.8 Å². The lowest BCUT2D eigenvalue weighted by molar-refractivity contribution is 0.316. The average molecular weight is 206 g/mol. The molecule has 0 aliphatic rings. The minimum atomic E-state index is 0.353. The van der Waals surface area contributed by atoms with Gasteiger partial charge in [-0.05, 0) is 24.3 Å². The molecule has 0 radical (unpaired) electrons. The van der Waals surface area contributed by atoms with E-state index in [0.29, 0.717) is 19.7 Å². The van der Waals surface area contributed by atoms with E-state index in [1.807, 2.05) is 30.3 Å². The lowest BCUT2D eigenvalue weighted by Gasteiger charge is -2.06. The summed E-state index contributed by atoms with van der Waals surface area (Å²) in [5.41, 5.74) is 0. The van der Waals surface area contributed by atoms with Gasteiger partial charge in [-0.25, -0.2) is 0 Å². The smallest absolute Gasteiger partial charge is 0.119 e. The molecule has 0 saturated heterocycles. The molecule has 0 saturated carbocycles. The van der Waals surface area contributed by atoms with Crippen LogP contribution in [0.1, 0.15) is 0 Å². The van der Waals surface area contributed by atoms with E-state index >= 15 is 0 Å². The van der Waals surface area contributed by atoms with Gasteiger partial charge in [0.15, 0.2) is 0 Å². The molecule has 0 heterocycles. The summed E-state index contributed by atoms with van der Waals surface area (Å²) in [4.78, 5) is 0. The van der Waals surface area contributed by atoms with Crippen molar-refractivity contribution in [1.29, 1.82) is 5.26 Å². The molecule has 0 aliphatic heterocycles. The minimum absolute atomic E-state index is 0.353. The summed E-state index contributed by atoms with van der Waals surface area (Å²) >= 11 is 0. The predicted molar refractivity (Wildman–Crippen MR) is 57.0 cm³/mol. The van der Waals surface area contributed by atoms with E-state index in [1.165, 1.54) is 0 Å². The summed E-state index contributed by atoms with van der Waals surface area (Å²) in [5, 5.41) is 11.2. The van der Waals surface area contributed by atoms with E-state index in [0.717, 1.165) is 11.5 Å². The fourth-order valence-corrected chi connectivity index (χ4v) is 1.06. The van der Waals surface area contributed by atoms with Gasteiger partial charge in [-0.3, -0.25) is 0 Å². The van der Waals surface area contributed by atoms with Gasteiger partial charge >= 0.3 is 0 Å². The summed E-state index contributed by atoms with van der Waals surface area (Å²) in [6.45, 7) is 1.57. The van der Waals surface area contributed by atoms with E-state index in [2.05, 4.69) is 5.32 Å². The van der Waals surface area contributed by atoms with Crippen molar-refractivity contribution in [3.63, 3.8) is 0 Å². The van der Waals surface area contributed by atoms with Crippen molar-refractivity contribution in [2.45, 2.75) is 0 Å². The normalized spacial score (nSPS) is 9.33. The lowest BCUT2D eigenvalue weighted by Crippen LogP contribution is -2.21. The maximum Gasteiger partial charge on any atom is 0.119 e. The van der Waals surface area contributed by atoms with Crippen molar-refractivity contribution in [2.24, 2.45) is 0 Å². The molecule has 0 spiro atoms. The second-order valence-corrected chi connectivity index (χ2v) is 2.86. The van der Waals surface area contributed by atoms with Crippen LogP contribution in [0.3, 0.4) is 0 Å². The van der Waals surface area contributed by atoms with Crippen LogP contribution in [0.2, 0.25) is 0 Å². The lowest BCUT2D eigenvalue weighted by atomic mass is 10.3. The Hall–Kier alpha value is -1.73. The third-order valence-electron chi connectivity index (χ3n) is 1.81. The molecule has 0 bridgehead atoms. The number of rotatable bonds is 6. The molecule has 1 rings (SSSR count). The second kappa shape index (κ2) is 6.68. The Morgan fingerprint density at radius 3 is 2.53 bits per heavy atom. The number of nitrogens with one attached hydrogen (secondary N) is 1. The van der Waals surface area contributed by atoms with Crippen LogP contribution >= 0.6 is 0 Å². The van der Waals surface area contributed by atoms with Crippen molar-refractivity contribution in [2.75, 3.05) is 26.8 Å². The first-order chi connectivity index (χ1) is 7.36. The van der Waals surface area contributed by atoms with Gasteiger partial charge < -0.3 is 14.8 Å². The molecule has 15 heavy (non-hydrogen) atoms. The van der Waals surface area contributed by atoms with Crippen molar-refractivity contribution in [3.05, 3.63) is 24.3 Å². The Morgan fingerprint density at radius 1 is 1.27 bits per heavy atom. The molecular weight excluding hydrogens is 192 g/mol. The number of nitriles is 1. The van der Waals surface area contributed by atoms with Gasteiger partial charge in [0.25, 0.3) is 0 Å². The van der Waals surface area contributed by atoms with E-state index in [-0.39, 0.29) is 0 Å². The SMILES string of the molecule is COc1ccc(OCCNCC#N)cc1. The first kappa shape index (κ1) is 11.3. The molecule has 0 unspecified atom stereocenters. The van der Waals surface area contributed by atoms with E-state index in [9.17, 15) is 0 Å². The molecule has 0 fully saturated rings. The molecule has 0 aliphatic carbocycles. The summed E-state index contributed by atoms with van der Waals surface area (Å²) < 4.78 is 10.4. The van der Waals surface area contributed by atoms with Crippen molar-refractivity contribution < 1.29 is 9.47 Å². The number of hydrogen-bond donors (Lipinski definition) is 1. The molecule has 4 nitrogen and oxygen atoms in total. The Bertz CT molecular complexity index is 316. The Kier molecular flexibility index (Phi) is 5.06. The monoisotopic (exact) mass is 206 g/mol. The summed E-state index contributed by atoms with van der Waals surface area (Å²) in [7, 11) is 1.63. The summed E-state index contributed by atoms with van der Waals surface area (Å²) in [6.07, 6.45) is 0. The molecule has 4 heteroatoms. The second-order valence-electron chi connectivity index (χ2n) is 2.86.